The number of nitrogens with zero attached hydrogens (tertiary/aromatic N) is 1. The molecule has 14 heteroatoms. The number of hydrogen-bond acceptors (Lipinski definition) is 9. The summed E-state index contributed by atoms with van der Waals surface area (Å²) in [5, 5.41) is 0.289. The number of nitrogens with one attached hydrogen (secondary N) is 1. The lowest BCUT2D eigenvalue weighted by Gasteiger charge is -2.44. The quantitative estimate of drug-likeness (QED) is 0.408. The van der Waals surface area contributed by atoms with Crippen LogP contribution in [0.2, 0.25) is 36.3 Å². The van der Waals surface area contributed by atoms with Crippen molar-refractivity contribution in [2.24, 2.45) is 5.73 Å². The summed E-state index contributed by atoms with van der Waals surface area (Å²) in [4.78, 5) is 26.8. The number of H-pyrrole nitrogens is 1. The number of aromatic amines is 1. The van der Waals surface area contributed by atoms with Crippen LogP contribution in [-0.2, 0) is 27.9 Å². The number of ether oxygens (including phenoxy) is 1. The van der Waals surface area contributed by atoms with Gasteiger partial charge in [0, 0.05) is 12.3 Å². The monoisotopic (exact) mass is 561 g/mol. The lowest BCUT2D eigenvalue weighted by atomic mass is 9.94. The first-order valence-electron chi connectivity index (χ1n) is 11.8. The molecule has 3 N–H and O–H groups in total. The zero-order valence-corrected chi connectivity index (χ0v) is 25.5. The summed E-state index contributed by atoms with van der Waals surface area (Å²) in [7, 11) is -9.42. The Balaban J connectivity index is 2.28. The van der Waals surface area contributed by atoms with Gasteiger partial charge in [-0.1, -0.05) is 41.5 Å². The third kappa shape index (κ3) is 4.96. The second-order valence-corrected chi connectivity index (χ2v) is 23.4. The Morgan fingerprint density at radius 3 is 2.00 bits per heavy atom. The smallest absolute Gasteiger partial charge is 0.330 e. The molecule has 1 fully saturated rings. The van der Waals surface area contributed by atoms with Gasteiger partial charge < -0.3 is 19.3 Å². The summed E-state index contributed by atoms with van der Waals surface area (Å²) >= 11 is 0. The van der Waals surface area contributed by atoms with Gasteiger partial charge in [-0.05, 0) is 36.3 Å². The lowest BCUT2D eigenvalue weighted by Crippen LogP contribution is -2.60. The molecule has 3 rings (SSSR count). The van der Waals surface area contributed by atoms with Crippen molar-refractivity contribution in [1.82, 2.24) is 9.55 Å². The van der Waals surface area contributed by atoms with Crippen LogP contribution in [0, 0.1) is 0 Å². The Morgan fingerprint density at radius 2 is 1.56 bits per heavy atom. The topological polar surface area (TPSA) is 152 Å². The first kappa shape index (κ1) is 29.0. The van der Waals surface area contributed by atoms with Crippen molar-refractivity contribution in [2.45, 2.75) is 102 Å². The van der Waals surface area contributed by atoms with E-state index >= 15 is 0 Å². The minimum Gasteiger partial charge on any atom is -0.406 e. The van der Waals surface area contributed by atoms with Crippen molar-refractivity contribution >= 4 is 26.8 Å². The standard InChI is InChI=1S/C22H39N3O8SSi2/c1-20(2,3)35(7,8)31-16-17(25-12-11-15(26)24-19(25)27)30-18(32-36(9,10)21(4,5)6)22(16)14(23)13-34(28,29)33-22/h11-13,16-18H,23H2,1-10H3,(H,24,26,27)/t16-,17+,18+,22?/m0/s1. The Bertz CT molecular complexity index is 1270. The maximum Gasteiger partial charge on any atom is 0.330 e. The molecule has 11 nitrogen and oxygen atoms in total. The molecule has 1 saturated heterocycles. The SMILES string of the molecule is CC(C)(C)[Si](C)(C)O[C@H]1O[C@@H](n2ccc(=O)[nH]c2=O)[C@H](O[Si](C)(C)C(C)(C)C)C12OS(=O)(=O)C=C2N. The van der Waals surface area contributed by atoms with Crippen LogP contribution in [0.15, 0.2) is 33.0 Å². The van der Waals surface area contributed by atoms with Crippen LogP contribution in [0.5, 0.6) is 0 Å². The highest BCUT2D eigenvalue weighted by molar-refractivity contribution is 7.90. The van der Waals surface area contributed by atoms with E-state index in [4.69, 9.17) is 23.5 Å². The molecule has 0 aliphatic carbocycles. The molecule has 2 aliphatic heterocycles. The third-order valence-corrected chi connectivity index (χ3v) is 17.8. The molecule has 0 aromatic carbocycles. The summed E-state index contributed by atoms with van der Waals surface area (Å²) in [6.07, 6.45) is -2.39. The Kier molecular flexibility index (Phi) is 7.05. The number of rotatable bonds is 5. The molecule has 0 radical (unpaired) electrons. The van der Waals surface area contributed by atoms with E-state index in [-0.39, 0.29) is 15.8 Å². The van der Waals surface area contributed by atoms with E-state index in [1.807, 2.05) is 67.7 Å². The highest BCUT2D eigenvalue weighted by Gasteiger charge is 2.69. The molecule has 1 unspecified atom stereocenters. The van der Waals surface area contributed by atoms with E-state index in [2.05, 4.69) is 4.98 Å². The predicted octanol–water partition coefficient (Wildman–Crippen LogP) is 2.70. The molecular formula is C22H39N3O8SSi2. The summed E-state index contributed by atoms with van der Waals surface area (Å²) in [6.45, 7) is 20.1. The molecular weight excluding hydrogens is 522 g/mol. The molecule has 0 bridgehead atoms. The van der Waals surface area contributed by atoms with Crippen LogP contribution >= 0.6 is 0 Å². The highest BCUT2D eigenvalue weighted by atomic mass is 32.2. The Labute approximate surface area is 214 Å². The van der Waals surface area contributed by atoms with Crippen LogP contribution in [0.1, 0.15) is 47.8 Å². The minimum atomic E-state index is -4.20. The molecule has 3 heterocycles. The first-order chi connectivity index (χ1) is 16.0. The van der Waals surface area contributed by atoms with Gasteiger partial charge in [0.1, 0.15) is 6.10 Å². The van der Waals surface area contributed by atoms with Crippen LogP contribution < -0.4 is 17.0 Å². The largest absolute Gasteiger partial charge is 0.406 e. The molecule has 36 heavy (non-hydrogen) atoms. The van der Waals surface area contributed by atoms with E-state index < -0.39 is 62.2 Å². The van der Waals surface area contributed by atoms with Crippen molar-refractivity contribution in [3.63, 3.8) is 0 Å². The second-order valence-electron chi connectivity index (χ2n) is 12.5. The van der Waals surface area contributed by atoms with Gasteiger partial charge in [-0.3, -0.25) is 14.3 Å². The van der Waals surface area contributed by atoms with Crippen LogP contribution in [-0.4, -0.2) is 52.6 Å². The van der Waals surface area contributed by atoms with E-state index in [0.29, 0.717) is 0 Å². The van der Waals surface area contributed by atoms with Gasteiger partial charge in [0.05, 0.1) is 11.1 Å². The first-order valence-corrected chi connectivity index (χ1v) is 19.1. The molecule has 0 saturated carbocycles. The minimum absolute atomic E-state index is 0.130. The van der Waals surface area contributed by atoms with Gasteiger partial charge in [0.25, 0.3) is 15.7 Å². The highest BCUT2D eigenvalue weighted by Crippen LogP contribution is 2.53. The molecule has 2 aliphatic rings. The molecule has 4 atom stereocenters. The maximum atomic E-state index is 12.8. The van der Waals surface area contributed by atoms with Gasteiger partial charge in [-0.2, -0.15) is 8.42 Å². The number of aromatic nitrogens is 2. The zero-order chi connectivity index (χ0) is 27.7. The average molecular weight is 562 g/mol. The fourth-order valence-electron chi connectivity index (χ4n) is 3.58. The molecule has 0 amide bonds. The van der Waals surface area contributed by atoms with Crippen molar-refractivity contribution in [1.29, 1.82) is 0 Å². The van der Waals surface area contributed by atoms with E-state index in [9.17, 15) is 18.0 Å². The van der Waals surface area contributed by atoms with Crippen molar-refractivity contribution in [3.8, 4) is 0 Å². The van der Waals surface area contributed by atoms with Gasteiger partial charge in [0.15, 0.2) is 29.2 Å². The summed E-state index contributed by atoms with van der Waals surface area (Å²) in [6, 6.07) is 1.17. The lowest BCUT2D eigenvalue weighted by molar-refractivity contribution is -0.147. The Hall–Kier alpha value is -1.56. The molecule has 1 aromatic heterocycles. The predicted molar refractivity (Wildman–Crippen MR) is 141 cm³/mol. The van der Waals surface area contributed by atoms with Gasteiger partial charge in [0.2, 0.25) is 5.60 Å². The fourth-order valence-corrected chi connectivity index (χ4v) is 7.18. The maximum absolute atomic E-state index is 12.8. The van der Waals surface area contributed by atoms with Gasteiger partial charge >= 0.3 is 5.69 Å². The summed E-state index contributed by atoms with van der Waals surface area (Å²) < 4.78 is 51.9. The van der Waals surface area contributed by atoms with Crippen molar-refractivity contribution in [2.75, 3.05) is 0 Å². The Morgan fingerprint density at radius 1 is 1.03 bits per heavy atom. The molecule has 1 aromatic rings. The summed E-state index contributed by atoms with van der Waals surface area (Å²) in [5.74, 6) is 0. The number of nitrogens with two attached hydrogens (primary N) is 1. The van der Waals surface area contributed by atoms with Crippen LogP contribution in [0.25, 0.3) is 0 Å². The van der Waals surface area contributed by atoms with Crippen LogP contribution in [0.3, 0.4) is 0 Å². The normalized spacial score (nSPS) is 29.1. The second kappa shape index (κ2) is 8.75. The van der Waals surface area contributed by atoms with E-state index in [1.165, 1.54) is 12.3 Å². The molecule has 1 spiro atoms. The van der Waals surface area contributed by atoms with Gasteiger partial charge in [-0.15, -0.1) is 0 Å². The fraction of sp³-hybridized carbons (Fsp3) is 0.727. The van der Waals surface area contributed by atoms with Crippen molar-refractivity contribution < 1.29 is 26.2 Å². The third-order valence-electron chi connectivity index (χ3n) is 7.83. The zero-order valence-electron chi connectivity index (χ0n) is 22.7. The van der Waals surface area contributed by atoms with Crippen molar-refractivity contribution in [3.05, 3.63) is 44.2 Å². The number of hydrogen-bond donors (Lipinski definition) is 2. The summed E-state index contributed by atoms with van der Waals surface area (Å²) in [5.41, 5.74) is 3.06. The van der Waals surface area contributed by atoms with E-state index in [0.717, 1.165) is 9.98 Å². The van der Waals surface area contributed by atoms with E-state index in [1.54, 1.807) is 0 Å². The average Bonchev–Trinajstić information content (AvgIpc) is 3.06. The van der Waals surface area contributed by atoms with Gasteiger partial charge in [-0.25, -0.2) is 8.98 Å². The molecule has 204 valence electrons. The van der Waals surface area contributed by atoms with Crippen LogP contribution in [0.4, 0.5) is 0 Å².